The Labute approximate surface area is 244 Å². The van der Waals surface area contributed by atoms with Gasteiger partial charge in [0.05, 0.1) is 25.2 Å². The predicted octanol–water partition coefficient (Wildman–Crippen LogP) is 7.12. The Kier molecular flexibility index (Phi) is 8.59. The third kappa shape index (κ3) is 6.41. The van der Waals surface area contributed by atoms with E-state index in [4.69, 9.17) is 26.1 Å². The average molecular weight is 590 g/mol. The van der Waals surface area contributed by atoms with Gasteiger partial charge in [0, 0.05) is 27.1 Å². The van der Waals surface area contributed by atoms with E-state index >= 15 is 0 Å². The number of halogens is 1. The summed E-state index contributed by atoms with van der Waals surface area (Å²) in [7, 11) is 3.24. The number of nitrogens with one attached hydrogen (secondary N) is 1. The molecule has 0 spiro atoms. The minimum absolute atomic E-state index is 0.212. The zero-order valence-electron chi connectivity index (χ0n) is 21.8. The quantitative estimate of drug-likeness (QED) is 0.181. The number of anilines is 1. The van der Waals surface area contributed by atoms with Crippen LogP contribution in [0.15, 0.2) is 83.3 Å². The number of benzene rings is 3. The van der Waals surface area contributed by atoms with Crippen LogP contribution >= 0.6 is 34.7 Å². The van der Waals surface area contributed by atoms with Crippen LogP contribution in [0, 0.1) is 0 Å². The minimum atomic E-state index is -0.500. The number of thioether (sulfide) groups is 1. The molecule has 5 rings (SSSR count). The van der Waals surface area contributed by atoms with Crippen LogP contribution < -0.4 is 14.8 Å². The molecule has 40 heavy (non-hydrogen) atoms. The van der Waals surface area contributed by atoms with Crippen LogP contribution in [-0.4, -0.2) is 45.5 Å². The SMILES string of the molecule is COc1ccc(-c2nnc(SC(C)C(=O)Nc3nc(-c4ccc(Cl)cc4)cs3)nc2-c2ccc(OC)cc2)cc1. The summed E-state index contributed by atoms with van der Waals surface area (Å²) >= 11 is 8.56. The van der Waals surface area contributed by atoms with Gasteiger partial charge in [-0.25, -0.2) is 9.97 Å². The van der Waals surface area contributed by atoms with Crippen LogP contribution in [0.1, 0.15) is 6.92 Å². The molecule has 1 atom stereocenters. The van der Waals surface area contributed by atoms with Gasteiger partial charge in [0.1, 0.15) is 22.9 Å². The second kappa shape index (κ2) is 12.5. The summed E-state index contributed by atoms with van der Waals surface area (Å²) in [6.07, 6.45) is 0. The molecular weight excluding hydrogens is 566 g/mol. The number of ether oxygens (including phenoxy) is 2. The lowest BCUT2D eigenvalue weighted by Crippen LogP contribution is -2.22. The summed E-state index contributed by atoms with van der Waals surface area (Å²) < 4.78 is 10.6. The topological polar surface area (TPSA) is 99.1 Å². The van der Waals surface area contributed by atoms with Crippen molar-refractivity contribution in [2.45, 2.75) is 17.3 Å². The first-order chi connectivity index (χ1) is 19.4. The van der Waals surface area contributed by atoms with Crippen LogP contribution in [0.3, 0.4) is 0 Å². The molecule has 2 heterocycles. The maximum absolute atomic E-state index is 13.0. The van der Waals surface area contributed by atoms with E-state index in [1.807, 2.05) is 66.0 Å². The molecule has 0 aliphatic heterocycles. The molecule has 3 aromatic carbocycles. The van der Waals surface area contributed by atoms with Crippen molar-refractivity contribution in [1.29, 1.82) is 0 Å². The fourth-order valence-electron chi connectivity index (χ4n) is 3.76. The number of aromatic nitrogens is 4. The van der Waals surface area contributed by atoms with Crippen LogP contribution in [0.4, 0.5) is 5.13 Å². The normalized spacial score (nSPS) is 11.6. The molecule has 1 unspecified atom stereocenters. The first-order valence-electron chi connectivity index (χ1n) is 12.2. The summed E-state index contributed by atoms with van der Waals surface area (Å²) in [5.41, 5.74) is 4.64. The maximum atomic E-state index is 13.0. The van der Waals surface area contributed by atoms with E-state index in [0.29, 0.717) is 26.7 Å². The van der Waals surface area contributed by atoms with E-state index in [1.54, 1.807) is 33.3 Å². The number of carbonyl (C=O) groups excluding carboxylic acids is 1. The fraction of sp³-hybridized carbons (Fsp3) is 0.138. The molecule has 0 bridgehead atoms. The summed E-state index contributed by atoms with van der Waals surface area (Å²) in [6.45, 7) is 1.79. The number of hydrogen-bond acceptors (Lipinski definition) is 9. The molecule has 0 radical (unpaired) electrons. The second-order valence-electron chi connectivity index (χ2n) is 8.54. The summed E-state index contributed by atoms with van der Waals surface area (Å²) in [5, 5.41) is 14.7. The number of rotatable bonds is 9. The summed E-state index contributed by atoms with van der Waals surface area (Å²) in [6, 6.07) is 22.5. The average Bonchev–Trinajstić information content (AvgIpc) is 3.46. The van der Waals surface area contributed by atoms with E-state index in [1.165, 1.54) is 23.1 Å². The van der Waals surface area contributed by atoms with Crippen LogP contribution in [-0.2, 0) is 4.79 Å². The Morgan fingerprint density at radius 1 is 0.825 bits per heavy atom. The van der Waals surface area contributed by atoms with Crippen molar-refractivity contribution in [3.05, 3.63) is 83.2 Å². The lowest BCUT2D eigenvalue weighted by Gasteiger charge is -2.13. The van der Waals surface area contributed by atoms with Gasteiger partial charge in [-0.2, -0.15) is 0 Å². The van der Waals surface area contributed by atoms with Crippen molar-refractivity contribution >= 4 is 45.7 Å². The molecule has 0 saturated carbocycles. The highest BCUT2D eigenvalue weighted by Crippen LogP contribution is 2.33. The number of thiazole rings is 1. The Bertz CT molecular complexity index is 1610. The maximum Gasteiger partial charge on any atom is 0.239 e. The standard InChI is InChI=1S/C29H24ClN5O3S2/c1-17(27(36)33-28-31-24(16-39-28)18-4-10-21(30)11-5-18)40-29-32-25(19-6-12-22(37-2)13-7-19)26(34-35-29)20-8-14-23(38-3)15-9-20/h4-17H,1-3H3,(H,31,33,36). The first kappa shape index (κ1) is 27.6. The van der Waals surface area contributed by atoms with Crippen molar-refractivity contribution in [2.24, 2.45) is 0 Å². The van der Waals surface area contributed by atoms with Crippen LogP contribution in [0.2, 0.25) is 5.02 Å². The van der Waals surface area contributed by atoms with Gasteiger partial charge in [-0.05, 0) is 67.6 Å². The Morgan fingerprint density at radius 3 is 2.00 bits per heavy atom. The lowest BCUT2D eigenvalue weighted by molar-refractivity contribution is -0.115. The van der Waals surface area contributed by atoms with E-state index in [2.05, 4.69) is 20.5 Å². The van der Waals surface area contributed by atoms with Crippen molar-refractivity contribution in [3.8, 4) is 45.3 Å². The highest BCUT2D eigenvalue weighted by molar-refractivity contribution is 8.00. The molecule has 1 amide bonds. The number of nitrogens with zero attached hydrogens (tertiary/aromatic N) is 4. The van der Waals surface area contributed by atoms with Gasteiger partial charge in [-0.1, -0.05) is 35.5 Å². The molecule has 202 valence electrons. The molecule has 2 aromatic heterocycles. The summed E-state index contributed by atoms with van der Waals surface area (Å²) in [5.74, 6) is 1.26. The number of carbonyl (C=O) groups is 1. The number of amides is 1. The molecule has 1 N–H and O–H groups in total. The fourth-order valence-corrected chi connectivity index (χ4v) is 5.32. The molecule has 0 saturated heterocycles. The third-order valence-electron chi connectivity index (χ3n) is 5.92. The van der Waals surface area contributed by atoms with Gasteiger partial charge in [-0.15, -0.1) is 21.5 Å². The van der Waals surface area contributed by atoms with E-state index in [-0.39, 0.29) is 5.91 Å². The van der Waals surface area contributed by atoms with Gasteiger partial charge in [0.15, 0.2) is 5.13 Å². The molecule has 8 nitrogen and oxygen atoms in total. The molecule has 0 aliphatic rings. The number of hydrogen-bond donors (Lipinski definition) is 1. The van der Waals surface area contributed by atoms with Gasteiger partial charge < -0.3 is 14.8 Å². The largest absolute Gasteiger partial charge is 0.497 e. The Morgan fingerprint density at radius 2 is 1.40 bits per heavy atom. The minimum Gasteiger partial charge on any atom is -0.497 e. The van der Waals surface area contributed by atoms with E-state index in [0.717, 1.165) is 33.9 Å². The molecule has 0 fully saturated rings. The van der Waals surface area contributed by atoms with Crippen molar-refractivity contribution in [1.82, 2.24) is 20.2 Å². The zero-order valence-corrected chi connectivity index (χ0v) is 24.2. The molecule has 11 heteroatoms. The van der Waals surface area contributed by atoms with Gasteiger partial charge in [0.25, 0.3) is 0 Å². The smallest absolute Gasteiger partial charge is 0.239 e. The number of methoxy groups -OCH3 is 2. The third-order valence-corrected chi connectivity index (χ3v) is 7.88. The van der Waals surface area contributed by atoms with E-state index in [9.17, 15) is 4.79 Å². The Hall–Kier alpha value is -3.99. The second-order valence-corrected chi connectivity index (χ2v) is 11.1. The van der Waals surface area contributed by atoms with Crippen molar-refractivity contribution in [3.63, 3.8) is 0 Å². The van der Waals surface area contributed by atoms with E-state index < -0.39 is 5.25 Å². The molecular formula is C29H24ClN5O3S2. The summed E-state index contributed by atoms with van der Waals surface area (Å²) in [4.78, 5) is 22.3. The van der Waals surface area contributed by atoms with Crippen molar-refractivity contribution < 1.29 is 14.3 Å². The van der Waals surface area contributed by atoms with Gasteiger partial charge in [0.2, 0.25) is 11.1 Å². The predicted molar refractivity (Wildman–Crippen MR) is 160 cm³/mol. The highest BCUT2D eigenvalue weighted by Gasteiger charge is 2.21. The van der Waals surface area contributed by atoms with Crippen molar-refractivity contribution in [2.75, 3.05) is 19.5 Å². The van der Waals surface area contributed by atoms with Crippen LogP contribution in [0.5, 0.6) is 11.5 Å². The highest BCUT2D eigenvalue weighted by atomic mass is 35.5. The molecule has 5 aromatic rings. The lowest BCUT2D eigenvalue weighted by atomic mass is 10.0. The first-order valence-corrected chi connectivity index (χ1v) is 14.3. The van der Waals surface area contributed by atoms with Crippen LogP contribution in [0.25, 0.3) is 33.8 Å². The molecule has 0 aliphatic carbocycles. The Balaban J connectivity index is 1.36. The monoisotopic (exact) mass is 589 g/mol. The van der Waals surface area contributed by atoms with Gasteiger partial charge in [-0.3, -0.25) is 4.79 Å². The zero-order chi connectivity index (χ0) is 28.1. The van der Waals surface area contributed by atoms with Gasteiger partial charge >= 0.3 is 0 Å².